The summed E-state index contributed by atoms with van der Waals surface area (Å²) in [5.41, 5.74) is 1.81. The Hall–Kier alpha value is -2.42. The van der Waals surface area contributed by atoms with Crippen LogP contribution in [0.25, 0.3) is 0 Å². The topological polar surface area (TPSA) is 87.3 Å². The van der Waals surface area contributed by atoms with Gasteiger partial charge >= 0.3 is 0 Å². The number of carbonyl (C=O) groups is 3. The maximum absolute atomic E-state index is 12.2. The molecule has 0 aliphatic heterocycles. The number of nitrogens with one attached hydrogen (secondary N) is 3. The Morgan fingerprint density at radius 3 is 2.15 bits per heavy atom. The molecule has 7 heteroatoms. The summed E-state index contributed by atoms with van der Waals surface area (Å²) in [6.07, 6.45) is 1.90. The molecular weight excluding hydrogens is 457 g/mol. The number of benzene rings is 2. The standard InChI is InChI=1S/C20H20IN3O3/c21-17-4-2-1-3-16(17)20(27)23-12-11-22-18(25)13-7-9-15(10-8-13)24-19(26)14-5-6-14/h1-4,7-10,14H,5-6,11-12H2,(H,22,25)(H,23,27)(H,24,26). The highest BCUT2D eigenvalue weighted by molar-refractivity contribution is 14.1. The predicted molar refractivity (Wildman–Crippen MR) is 112 cm³/mol. The first-order valence-electron chi connectivity index (χ1n) is 8.76. The second kappa shape index (κ2) is 8.98. The van der Waals surface area contributed by atoms with Crippen LogP contribution in [0.1, 0.15) is 33.6 Å². The van der Waals surface area contributed by atoms with Crippen molar-refractivity contribution >= 4 is 46.0 Å². The monoisotopic (exact) mass is 477 g/mol. The fraction of sp³-hybridized carbons (Fsp3) is 0.250. The summed E-state index contributed by atoms with van der Waals surface area (Å²) in [7, 11) is 0. The van der Waals surface area contributed by atoms with Crippen LogP contribution in [0.5, 0.6) is 0 Å². The van der Waals surface area contributed by atoms with Gasteiger partial charge in [-0.25, -0.2) is 0 Å². The smallest absolute Gasteiger partial charge is 0.252 e. The van der Waals surface area contributed by atoms with Crippen LogP contribution in [0.2, 0.25) is 0 Å². The summed E-state index contributed by atoms with van der Waals surface area (Å²) in [5.74, 6) is -0.206. The zero-order valence-electron chi connectivity index (χ0n) is 14.6. The highest BCUT2D eigenvalue weighted by atomic mass is 127. The zero-order valence-corrected chi connectivity index (χ0v) is 16.8. The Morgan fingerprint density at radius 2 is 1.52 bits per heavy atom. The van der Waals surface area contributed by atoms with Crippen molar-refractivity contribution in [1.82, 2.24) is 10.6 Å². The molecule has 0 unspecified atom stereocenters. The highest BCUT2D eigenvalue weighted by Gasteiger charge is 2.29. The van der Waals surface area contributed by atoms with E-state index in [1.165, 1.54) is 0 Å². The molecule has 1 aliphatic carbocycles. The van der Waals surface area contributed by atoms with E-state index in [2.05, 4.69) is 38.5 Å². The van der Waals surface area contributed by atoms with Crippen LogP contribution in [-0.4, -0.2) is 30.8 Å². The summed E-state index contributed by atoms with van der Waals surface area (Å²) in [6, 6.07) is 14.1. The molecule has 0 atom stereocenters. The van der Waals surface area contributed by atoms with E-state index < -0.39 is 0 Å². The van der Waals surface area contributed by atoms with Crippen molar-refractivity contribution in [3.8, 4) is 0 Å². The van der Waals surface area contributed by atoms with Gasteiger partial charge in [0.25, 0.3) is 11.8 Å². The number of carbonyl (C=O) groups excluding carboxylic acids is 3. The molecule has 1 aliphatic rings. The molecule has 140 valence electrons. The van der Waals surface area contributed by atoms with Crippen molar-refractivity contribution in [1.29, 1.82) is 0 Å². The van der Waals surface area contributed by atoms with E-state index in [0.29, 0.717) is 29.9 Å². The Bertz CT molecular complexity index is 848. The van der Waals surface area contributed by atoms with Crippen molar-refractivity contribution in [2.45, 2.75) is 12.8 Å². The molecule has 3 amide bonds. The van der Waals surface area contributed by atoms with Crippen LogP contribution in [-0.2, 0) is 4.79 Å². The van der Waals surface area contributed by atoms with Gasteiger partial charge in [-0.05, 0) is 71.8 Å². The summed E-state index contributed by atoms with van der Waals surface area (Å²) in [4.78, 5) is 36.0. The lowest BCUT2D eigenvalue weighted by Crippen LogP contribution is -2.34. The summed E-state index contributed by atoms with van der Waals surface area (Å²) in [6.45, 7) is 0.666. The van der Waals surface area contributed by atoms with Gasteiger partial charge in [-0.2, -0.15) is 0 Å². The Labute approximate surface area is 171 Å². The van der Waals surface area contributed by atoms with Gasteiger partial charge in [-0.1, -0.05) is 12.1 Å². The maximum atomic E-state index is 12.2. The lowest BCUT2D eigenvalue weighted by molar-refractivity contribution is -0.117. The van der Waals surface area contributed by atoms with Crippen LogP contribution in [0.4, 0.5) is 5.69 Å². The number of halogens is 1. The molecule has 0 aromatic heterocycles. The van der Waals surface area contributed by atoms with Crippen LogP contribution in [0, 0.1) is 9.49 Å². The minimum atomic E-state index is -0.224. The van der Waals surface area contributed by atoms with Crippen LogP contribution in [0.15, 0.2) is 48.5 Å². The van der Waals surface area contributed by atoms with Gasteiger partial charge < -0.3 is 16.0 Å². The fourth-order valence-electron chi connectivity index (χ4n) is 2.49. The zero-order chi connectivity index (χ0) is 19.2. The van der Waals surface area contributed by atoms with Crippen LogP contribution >= 0.6 is 22.6 Å². The van der Waals surface area contributed by atoms with E-state index in [9.17, 15) is 14.4 Å². The van der Waals surface area contributed by atoms with Gasteiger partial charge in [0.2, 0.25) is 5.91 Å². The Kier molecular flexibility index (Phi) is 6.44. The second-order valence-electron chi connectivity index (χ2n) is 6.33. The third kappa shape index (κ3) is 5.53. The molecule has 1 saturated carbocycles. The van der Waals surface area contributed by atoms with Crippen molar-refractivity contribution < 1.29 is 14.4 Å². The van der Waals surface area contributed by atoms with Gasteiger partial charge in [-0.15, -0.1) is 0 Å². The molecule has 1 fully saturated rings. The molecule has 27 heavy (non-hydrogen) atoms. The molecule has 3 rings (SSSR count). The number of amides is 3. The van der Waals surface area contributed by atoms with E-state index in [4.69, 9.17) is 0 Å². The lowest BCUT2D eigenvalue weighted by atomic mass is 10.2. The maximum Gasteiger partial charge on any atom is 0.252 e. The van der Waals surface area contributed by atoms with Gasteiger partial charge in [0, 0.05) is 33.8 Å². The molecule has 2 aromatic carbocycles. The van der Waals surface area contributed by atoms with E-state index in [1.54, 1.807) is 30.3 Å². The Balaban J connectivity index is 1.42. The van der Waals surface area contributed by atoms with E-state index in [-0.39, 0.29) is 23.6 Å². The fourth-order valence-corrected chi connectivity index (χ4v) is 3.12. The van der Waals surface area contributed by atoms with Crippen molar-refractivity contribution in [2.75, 3.05) is 18.4 Å². The first-order chi connectivity index (χ1) is 13.0. The Morgan fingerprint density at radius 1 is 0.889 bits per heavy atom. The quantitative estimate of drug-likeness (QED) is 0.424. The third-order valence-corrected chi connectivity index (χ3v) is 5.12. The molecule has 0 saturated heterocycles. The average molecular weight is 477 g/mol. The van der Waals surface area contributed by atoms with Crippen molar-refractivity contribution in [3.63, 3.8) is 0 Å². The second-order valence-corrected chi connectivity index (χ2v) is 7.49. The molecule has 2 aromatic rings. The molecule has 0 radical (unpaired) electrons. The molecular formula is C20H20IN3O3. The molecule has 0 heterocycles. The van der Waals surface area contributed by atoms with Gasteiger partial charge in [0.05, 0.1) is 5.56 Å². The van der Waals surface area contributed by atoms with E-state index >= 15 is 0 Å². The SMILES string of the molecule is O=C(NCCNC(=O)c1ccccc1I)c1ccc(NC(=O)C2CC2)cc1. The van der Waals surface area contributed by atoms with Gasteiger partial charge in [0.1, 0.15) is 0 Å². The van der Waals surface area contributed by atoms with Gasteiger partial charge in [0.15, 0.2) is 0 Å². The summed E-state index contributed by atoms with van der Waals surface area (Å²) in [5, 5.41) is 8.39. The van der Waals surface area contributed by atoms with E-state index in [1.807, 2.05) is 18.2 Å². The average Bonchev–Trinajstić information content (AvgIpc) is 3.51. The first kappa shape index (κ1) is 19.3. The van der Waals surface area contributed by atoms with Crippen molar-refractivity contribution in [2.24, 2.45) is 5.92 Å². The molecule has 3 N–H and O–H groups in total. The number of hydrogen-bond donors (Lipinski definition) is 3. The summed E-state index contributed by atoms with van der Waals surface area (Å²) < 4.78 is 0.880. The van der Waals surface area contributed by atoms with E-state index in [0.717, 1.165) is 16.4 Å². The largest absolute Gasteiger partial charge is 0.350 e. The summed E-state index contributed by atoms with van der Waals surface area (Å²) >= 11 is 2.11. The molecule has 0 bridgehead atoms. The van der Waals surface area contributed by atoms with Crippen molar-refractivity contribution in [3.05, 3.63) is 63.2 Å². The van der Waals surface area contributed by atoms with Gasteiger partial charge in [-0.3, -0.25) is 14.4 Å². The molecule has 6 nitrogen and oxygen atoms in total. The van der Waals surface area contributed by atoms with Crippen LogP contribution < -0.4 is 16.0 Å². The minimum absolute atomic E-state index is 0.0380. The minimum Gasteiger partial charge on any atom is -0.350 e. The lowest BCUT2D eigenvalue weighted by Gasteiger charge is -2.09. The number of rotatable bonds is 7. The van der Waals surface area contributed by atoms with Crippen LogP contribution in [0.3, 0.4) is 0 Å². The number of anilines is 1. The number of hydrogen-bond acceptors (Lipinski definition) is 3. The third-order valence-electron chi connectivity index (χ3n) is 4.18. The predicted octanol–water partition coefficient (Wildman–Crippen LogP) is 2.80. The highest BCUT2D eigenvalue weighted by Crippen LogP contribution is 2.30. The first-order valence-corrected chi connectivity index (χ1v) is 9.84. The molecule has 0 spiro atoms. The normalized spacial score (nSPS) is 12.9.